The first-order valence-electron chi connectivity index (χ1n) is 5.11. The van der Waals surface area contributed by atoms with Gasteiger partial charge in [0.1, 0.15) is 0 Å². The fraction of sp³-hybridized carbons (Fsp3) is 0.333. The average Bonchev–Trinajstić information content (AvgIpc) is 2.71. The van der Waals surface area contributed by atoms with E-state index in [1.165, 1.54) is 0 Å². The number of imidazole rings is 1. The van der Waals surface area contributed by atoms with Crippen molar-refractivity contribution >= 4 is 11.0 Å². The molecule has 1 heterocycles. The molecule has 0 N–H and O–H groups in total. The SMILES string of the molecule is COCCn1cnc2c(C)c(C#N)ccc21. The summed E-state index contributed by atoms with van der Waals surface area (Å²) in [6.07, 6.45) is 1.79. The number of hydrogen-bond acceptors (Lipinski definition) is 3. The molecular weight excluding hydrogens is 202 g/mol. The van der Waals surface area contributed by atoms with Crippen molar-refractivity contribution in [2.45, 2.75) is 13.5 Å². The molecule has 0 fully saturated rings. The lowest BCUT2D eigenvalue weighted by atomic mass is 10.1. The van der Waals surface area contributed by atoms with Gasteiger partial charge in [0.2, 0.25) is 0 Å². The van der Waals surface area contributed by atoms with Crippen LogP contribution in [0, 0.1) is 18.3 Å². The number of ether oxygens (including phenoxy) is 1. The van der Waals surface area contributed by atoms with Gasteiger partial charge in [0.25, 0.3) is 0 Å². The minimum absolute atomic E-state index is 0.657. The molecule has 16 heavy (non-hydrogen) atoms. The first-order valence-corrected chi connectivity index (χ1v) is 5.11. The lowest BCUT2D eigenvalue weighted by Crippen LogP contribution is -2.02. The van der Waals surface area contributed by atoms with E-state index in [-0.39, 0.29) is 0 Å². The van der Waals surface area contributed by atoms with Gasteiger partial charge in [-0.15, -0.1) is 0 Å². The van der Waals surface area contributed by atoms with Crippen LogP contribution < -0.4 is 0 Å². The zero-order chi connectivity index (χ0) is 11.5. The molecule has 4 nitrogen and oxygen atoms in total. The number of nitrogens with zero attached hydrogens (tertiary/aromatic N) is 3. The lowest BCUT2D eigenvalue weighted by Gasteiger charge is -2.04. The van der Waals surface area contributed by atoms with Gasteiger partial charge in [0.05, 0.1) is 35.6 Å². The van der Waals surface area contributed by atoms with E-state index < -0.39 is 0 Å². The fourth-order valence-corrected chi connectivity index (χ4v) is 1.76. The van der Waals surface area contributed by atoms with Gasteiger partial charge in [-0.1, -0.05) is 0 Å². The van der Waals surface area contributed by atoms with Gasteiger partial charge in [0.15, 0.2) is 0 Å². The first-order chi connectivity index (χ1) is 7.77. The molecule has 0 atom stereocenters. The van der Waals surface area contributed by atoms with Crippen molar-refractivity contribution in [3.8, 4) is 6.07 Å². The van der Waals surface area contributed by atoms with Crippen molar-refractivity contribution in [1.29, 1.82) is 5.26 Å². The number of aryl methyl sites for hydroxylation is 1. The van der Waals surface area contributed by atoms with Crippen LogP contribution in [0.4, 0.5) is 0 Å². The average molecular weight is 215 g/mol. The minimum atomic E-state index is 0.657. The Balaban J connectivity index is 2.50. The van der Waals surface area contributed by atoms with Crippen molar-refractivity contribution in [3.05, 3.63) is 29.6 Å². The Morgan fingerprint density at radius 3 is 3.00 bits per heavy atom. The standard InChI is InChI=1S/C12H13N3O/c1-9-10(7-13)3-4-11-12(9)14-8-15(11)5-6-16-2/h3-4,8H,5-6H2,1-2H3. The summed E-state index contributed by atoms with van der Waals surface area (Å²) in [5, 5.41) is 8.92. The van der Waals surface area contributed by atoms with Gasteiger partial charge in [-0.05, 0) is 24.6 Å². The van der Waals surface area contributed by atoms with Gasteiger partial charge in [-0.3, -0.25) is 0 Å². The molecule has 4 heteroatoms. The highest BCUT2D eigenvalue weighted by Gasteiger charge is 2.08. The molecule has 2 rings (SSSR count). The van der Waals surface area contributed by atoms with E-state index in [0.29, 0.717) is 12.2 Å². The van der Waals surface area contributed by atoms with Crippen LogP contribution in [-0.4, -0.2) is 23.3 Å². The molecule has 0 amide bonds. The van der Waals surface area contributed by atoms with E-state index in [1.54, 1.807) is 13.4 Å². The topological polar surface area (TPSA) is 50.8 Å². The molecule has 0 radical (unpaired) electrons. The highest BCUT2D eigenvalue weighted by Crippen LogP contribution is 2.20. The fourth-order valence-electron chi connectivity index (χ4n) is 1.76. The van der Waals surface area contributed by atoms with Gasteiger partial charge in [-0.2, -0.15) is 5.26 Å². The third-order valence-electron chi connectivity index (χ3n) is 2.70. The molecule has 0 aliphatic carbocycles. The van der Waals surface area contributed by atoms with Crippen LogP contribution in [0.2, 0.25) is 0 Å². The predicted octanol–water partition coefficient (Wildman–Crippen LogP) is 1.86. The van der Waals surface area contributed by atoms with Gasteiger partial charge >= 0.3 is 0 Å². The maximum Gasteiger partial charge on any atom is 0.0995 e. The molecule has 0 unspecified atom stereocenters. The molecule has 0 aliphatic heterocycles. The van der Waals surface area contributed by atoms with Crippen LogP contribution >= 0.6 is 0 Å². The maximum absolute atomic E-state index is 8.92. The minimum Gasteiger partial charge on any atom is -0.383 e. The van der Waals surface area contributed by atoms with Crippen molar-refractivity contribution in [1.82, 2.24) is 9.55 Å². The van der Waals surface area contributed by atoms with Crippen molar-refractivity contribution in [3.63, 3.8) is 0 Å². The lowest BCUT2D eigenvalue weighted by molar-refractivity contribution is 0.188. The second-order valence-corrected chi connectivity index (χ2v) is 3.65. The van der Waals surface area contributed by atoms with Crippen molar-refractivity contribution < 1.29 is 4.74 Å². The first kappa shape index (κ1) is 10.7. The Labute approximate surface area is 94.1 Å². The summed E-state index contributed by atoms with van der Waals surface area (Å²) in [7, 11) is 1.68. The molecule has 0 saturated heterocycles. The third kappa shape index (κ3) is 1.66. The highest BCUT2D eigenvalue weighted by atomic mass is 16.5. The van der Waals surface area contributed by atoms with Crippen LogP contribution in [0.1, 0.15) is 11.1 Å². The third-order valence-corrected chi connectivity index (χ3v) is 2.70. The Bertz CT molecular complexity index is 551. The summed E-state index contributed by atoms with van der Waals surface area (Å²) >= 11 is 0. The maximum atomic E-state index is 8.92. The number of hydrogen-bond donors (Lipinski definition) is 0. The van der Waals surface area contributed by atoms with Gasteiger partial charge in [0, 0.05) is 13.7 Å². The van der Waals surface area contributed by atoms with Crippen LogP contribution in [0.5, 0.6) is 0 Å². The molecular formula is C12H13N3O. The summed E-state index contributed by atoms with van der Waals surface area (Å²) in [4.78, 5) is 4.34. The molecule has 0 bridgehead atoms. The number of fused-ring (bicyclic) bond motifs is 1. The van der Waals surface area contributed by atoms with Crippen LogP contribution in [0.15, 0.2) is 18.5 Å². The zero-order valence-corrected chi connectivity index (χ0v) is 9.40. The predicted molar refractivity (Wildman–Crippen MR) is 61.1 cm³/mol. The van der Waals surface area contributed by atoms with E-state index in [9.17, 15) is 0 Å². The second-order valence-electron chi connectivity index (χ2n) is 3.65. The molecule has 0 saturated carbocycles. The molecule has 2 aromatic rings. The number of nitriles is 1. The van der Waals surface area contributed by atoms with Gasteiger partial charge < -0.3 is 9.30 Å². The van der Waals surface area contributed by atoms with Crippen LogP contribution in [-0.2, 0) is 11.3 Å². The van der Waals surface area contributed by atoms with E-state index in [4.69, 9.17) is 10.00 Å². The zero-order valence-electron chi connectivity index (χ0n) is 9.40. The van der Waals surface area contributed by atoms with Crippen LogP contribution in [0.25, 0.3) is 11.0 Å². The Morgan fingerprint density at radius 2 is 2.31 bits per heavy atom. The smallest absolute Gasteiger partial charge is 0.0995 e. The van der Waals surface area contributed by atoms with Crippen molar-refractivity contribution in [2.75, 3.05) is 13.7 Å². The summed E-state index contributed by atoms with van der Waals surface area (Å²) in [6, 6.07) is 5.94. The number of aromatic nitrogens is 2. The largest absolute Gasteiger partial charge is 0.383 e. The Morgan fingerprint density at radius 1 is 1.50 bits per heavy atom. The Hall–Kier alpha value is -1.86. The van der Waals surface area contributed by atoms with E-state index >= 15 is 0 Å². The normalized spacial score (nSPS) is 10.6. The summed E-state index contributed by atoms with van der Waals surface area (Å²) in [5.41, 5.74) is 3.57. The van der Waals surface area contributed by atoms with E-state index in [1.807, 2.05) is 23.6 Å². The second kappa shape index (κ2) is 4.33. The summed E-state index contributed by atoms with van der Waals surface area (Å²) in [6.45, 7) is 3.36. The van der Waals surface area contributed by atoms with E-state index in [2.05, 4.69) is 11.1 Å². The summed E-state index contributed by atoms with van der Waals surface area (Å²) < 4.78 is 7.07. The monoisotopic (exact) mass is 215 g/mol. The number of benzene rings is 1. The molecule has 0 spiro atoms. The van der Waals surface area contributed by atoms with Crippen LogP contribution in [0.3, 0.4) is 0 Å². The molecule has 82 valence electrons. The summed E-state index contributed by atoms with van der Waals surface area (Å²) in [5.74, 6) is 0. The van der Waals surface area contributed by atoms with E-state index in [0.717, 1.165) is 23.1 Å². The highest BCUT2D eigenvalue weighted by molar-refractivity contribution is 5.81. The number of methoxy groups -OCH3 is 1. The molecule has 1 aromatic carbocycles. The van der Waals surface area contributed by atoms with Crippen molar-refractivity contribution in [2.24, 2.45) is 0 Å². The quantitative estimate of drug-likeness (QED) is 0.785. The number of rotatable bonds is 3. The molecule has 0 aliphatic rings. The molecule has 1 aromatic heterocycles. The van der Waals surface area contributed by atoms with Gasteiger partial charge in [-0.25, -0.2) is 4.98 Å². The Kier molecular flexibility index (Phi) is 2.88.